The zero-order chi connectivity index (χ0) is 8.69. The number of ether oxygens (including phenoxy) is 2. The highest BCUT2D eigenvalue weighted by atomic mass is 16.7. The molecule has 11 heavy (non-hydrogen) atoms. The van der Waals surface area contributed by atoms with Gasteiger partial charge in [-0.05, 0) is 6.42 Å². The summed E-state index contributed by atoms with van der Waals surface area (Å²) in [5, 5.41) is 0. The van der Waals surface area contributed by atoms with Gasteiger partial charge in [0.15, 0.2) is 6.29 Å². The van der Waals surface area contributed by atoms with Crippen molar-refractivity contribution in [3.8, 4) is 0 Å². The number of rotatable bonds is 1. The van der Waals surface area contributed by atoms with E-state index in [4.69, 9.17) is 9.47 Å². The fourth-order valence-electron chi connectivity index (χ4n) is 0.891. The van der Waals surface area contributed by atoms with Crippen LogP contribution in [0.25, 0.3) is 0 Å². The van der Waals surface area contributed by atoms with Crippen molar-refractivity contribution in [3.63, 3.8) is 0 Å². The van der Waals surface area contributed by atoms with Gasteiger partial charge in [-0.1, -0.05) is 27.7 Å². The molecule has 0 radical (unpaired) electrons. The van der Waals surface area contributed by atoms with Gasteiger partial charge in [-0.25, -0.2) is 0 Å². The summed E-state index contributed by atoms with van der Waals surface area (Å²) in [4.78, 5) is 0. The average Bonchev–Trinajstić information content (AvgIpc) is 2.10. The van der Waals surface area contributed by atoms with Crippen LogP contribution in [0.3, 0.4) is 0 Å². The molecule has 0 N–H and O–H groups in total. The van der Waals surface area contributed by atoms with E-state index in [9.17, 15) is 0 Å². The van der Waals surface area contributed by atoms with Gasteiger partial charge in [0.1, 0.15) is 0 Å². The van der Waals surface area contributed by atoms with Crippen molar-refractivity contribution in [1.82, 2.24) is 0 Å². The first-order chi connectivity index (χ1) is 5.30. The predicted molar refractivity (Wildman–Crippen MR) is 46.5 cm³/mol. The van der Waals surface area contributed by atoms with Gasteiger partial charge >= 0.3 is 0 Å². The standard InChI is InChI=1S/C7H14O2.C2H6/c1-6(2)7-8-4-3-5-9-7;1-2/h6-7H,3-5H2,1-2H3;1-2H3. The van der Waals surface area contributed by atoms with E-state index in [1.807, 2.05) is 13.8 Å². The molecule has 1 aliphatic heterocycles. The van der Waals surface area contributed by atoms with E-state index in [1.165, 1.54) is 0 Å². The minimum atomic E-state index is 0.0544. The van der Waals surface area contributed by atoms with Crippen LogP contribution in [-0.2, 0) is 9.47 Å². The fraction of sp³-hybridized carbons (Fsp3) is 1.00. The zero-order valence-electron chi connectivity index (χ0n) is 8.09. The third kappa shape index (κ3) is 4.38. The van der Waals surface area contributed by atoms with Crippen LogP contribution in [0, 0.1) is 5.92 Å². The maximum Gasteiger partial charge on any atom is 0.159 e. The smallest absolute Gasteiger partial charge is 0.159 e. The number of hydrogen-bond acceptors (Lipinski definition) is 2. The second-order valence-corrected chi connectivity index (χ2v) is 2.71. The Bertz CT molecular complexity index is 75.6. The van der Waals surface area contributed by atoms with Crippen molar-refractivity contribution in [2.24, 2.45) is 5.92 Å². The predicted octanol–water partition coefficient (Wildman–Crippen LogP) is 2.43. The Hall–Kier alpha value is -0.0800. The molecule has 0 spiro atoms. The zero-order valence-corrected chi connectivity index (χ0v) is 8.09. The fourth-order valence-corrected chi connectivity index (χ4v) is 0.891. The highest BCUT2D eigenvalue weighted by Gasteiger charge is 2.16. The molecule has 2 heteroatoms. The van der Waals surface area contributed by atoms with Gasteiger partial charge in [0.05, 0.1) is 13.2 Å². The number of hydrogen-bond donors (Lipinski definition) is 0. The van der Waals surface area contributed by atoms with Crippen molar-refractivity contribution >= 4 is 0 Å². The molecule has 0 unspecified atom stereocenters. The molecular formula is C9H20O2. The molecule has 0 bridgehead atoms. The van der Waals surface area contributed by atoms with Crippen molar-refractivity contribution in [2.45, 2.75) is 40.4 Å². The van der Waals surface area contributed by atoms with Crippen LogP contribution in [0.4, 0.5) is 0 Å². The maximum absolute atomic E-state index is 5.32. The highest BCUT2D eigenvalue weighted by molar-refractivity contribution is 4.54. The lowest BCUT2D eigenvalue weighted by Crippen LogP contribution is -2.29. The quantitative estimate of drug-likeness (QED) is 0.586. The van der Waals surface area contributed by atoms with Gasteiger partial charge < -0.3 is 9.47 Å². The second-order valence-electron chi connectivity index (χ2n) is 2.71. The van der Waals surface area contributed by atoms with E-state index in [0.29, 0.717) is 5.92 Å². The lowest BCUT2D eigenvalue weighted by molar-refractivity contribution is -0.198. The Kier molecular flexibility index (Phi) is 6.57. The topological polar surface area (TPSA) is 18.5 Å². The Labute approximate surface area is 69.9 Å². The molecule has 1 fully saturated rings. The Morgan fingerprint density at radius 1 is 1.09 bits per heavy atom. The summed E-state index contributed by atoms with van der Waals surface area (Å²) in [7, 11) is 0. The van der Waals surface area contributed by atoms with E-state index in [0.717, 1.165) is 19.6 Å². The lowest BCUT2D eigenvalue weighted by atomic mass is 10.2. The van der Waals surface area contributed by atoms with Crippen molar-refractivity contribution < 1.29 is 9.47 Å². The SMILES string of the molecule is CC.CC(C)C1OCCCO1. The van der Waals surface area contributed by atoms with E-state index < -0.39 is 0 Å². The van der Waals surface area contributed by atoms with Gasteiger partial charge in [0.25, 0.3) is 0 Å². The van der Waals surface area contributed by atoms with Crippen LogP contribution >= 0.6 is 0 Å². The normalized spacial score (nSPS) is 19.4. The highest BCUT2D eigenvalue weighted by Crippen LogP contribution is 2.12. The van der Waals surface area contributed by atoms with E-state index in [1.54, 1.807) is 0 Å². The summed E-state index contributed by atoms with van der Waals surface area (Å²) >= 11 is 0. The maximum atomic E-state index is 5.32. The van der Waals surface area contributed by atoms with Crippen LogP contribution in [-0.4, -0.2) is 19.5 Å². The van der Waals surface area contributed by atoms with Gasteiger partial charge in [-0.15, -0.1) is 0 Å². The summed E-state index contributed by atoms with van der Waals surface area (Å²) in [6, 6.07) is 0. The molecule has 1 aliphatic rings. The Morgan fingerprint density at radius 3 is 1.82 bits per heavy atom. The first-order valence-corrected chi connectivity index (χ1v) is 4.54. The lowest BCUT2D eigenvalue weighted by Gasteiger charge is -2.25. The molecule has 0 aliphatic carbocycles. The van der Waals surface area contributed by atoms with E-state index in [2.05, 4.69) is 13.8 Å². The molecule has 1 heterocycles. The van der Waals surface area contributed by atoms with Crippen LogP contribution in [0.5, 0.6) is 0 Å². The minimum absolute atomic E-state index is 0.0544. The van der Waals surface area contributed by atoms with E-state index in [-0.39, 0.29) is 6.29 Å². The summed E-state index contributed by atoms with van der Waals surface area (Å²) in [6.45, 7) is 9.94. The largest absolute Gasteiger partial charge is 0.352 e. The van der Waals surface area contributed by atoms with Crippen LogP contribution in [0.15, 0.2) is 0 Å². The molecule has 68 valence electrons. The molecule has 1 saturated heterocycles. The van der Waals surface area contributed by atoms with E-state index >= 15 is 0 Å². The average molecular weight is 160 g/mol. The molecule has 0 aromatic heterocycles. The third-order valence-corrected chi connectivity index (χ3v) is 1.40. The first kappa shape index (κ1) is 10.9. The monoisotopic (exact) mass is 160 g/mol. The molecule has 0 atom stereocenters. The van der Waals surface area contributed by atoms with Gasteiger partial charge in [-0.3, -0.25) is 0 Å². The molecule has 0 amide bonds. The van der Waals surface area contributed by atoms with Crippen molar-refractivity contribution in [2.75, 3.05) is 13.2 Å². The molecule has 2 nitrogen and oxygen atoms in total. The van der Waals surface area contributed by atoms with Crippen LogP contribution in [0.1, 0.15) is 34.1 Å². The van der Waals surface area contributed by atoms with Crippen molar-refractivity contribution in [1.29, 1.82) is 0 Å². The van der Waals surface area contributed by atoms with Crippen LogP contribution in [0.2, 0.25) is 0 Å². The molecule has 0 saturated carbocycles. The Morgan fingerprint density at radius 2 is 1.55 bits per heavy atom. The molecular weight excluding hydrogens is 140 g/mol. The molecule has 1 rings (SSSR count). The summed E-state index contributed by atoms with van der Waals surface area (Å²) < 4.78 is 10.6. The van der Waals surface area contributed by atoms with Crippen LogP contribution < -0.4 is 0 Å². The Balaban J connectivity index is 0.000000461. The van der Waals surface area contributed by atoms with Gasteiger partial charge in [0.2, 0.25) is 0 Å². The van der Waals surface area contributed by atoms with Crippen molar-refractivity contribution in [3.05, 3.63) is 0 Å². The summed E-state index contributed by atoms with van der Waals surface area (Å²) in [5.41, 5.74) is 0. The summed E-state index contributed by atoms with van der Waals surface area (Å²) in [5.74, 6) is 0.491. The molecule has 0 aromatic carbocycles. The second kappa shape index (κ2) is 6.62. The molecule has 0 aromatic rings. The van der Waals surface area contributed by atoms with Gasteiger partial charge in [0, 0.05) is 5.92 Å². The van der Waals surface area contributed by atoms with Gasteiger partial charge in [-0.2, -0.15) is 0 Å². The third-order valence-electron chi connectivity index (χ3n) is 1.40. The summed E-state index contributed by atoms with van der Waals surface area (Å²) in [6.07, 6.45) is 1.10. The minimum Gasteiger partial charge on any atom is -0.352 e. The first-order valence-electron chi connectivity index (χ1n) is 4.54.